The highest BCUT2D eigenvalue weighted by Crippen LogP contribution is 2.31. The summed E-state index contributed by atoms with van der Waals surface area (Å²) in [6, 6.07) is 2.82. The number of methoxy groups -OCH3 is 2. The van der Waals surface area contributed by atoms with Crippen molar-refractivity contribution in [2.75, 3.05) is 31.5 Å². The van der Waals surface area contributed by atoms with Crippen molar-refractivity contribution in [3.05, 3.63) is 23.3 Å². The summed E-state index contributed by atoms with van der Waals surface area (Å²) in [7, 11) is 2.72. The lowest BCUT2D eigenvalue weighted by Gasteiger charge is -2.30. The Bertz CT molecular complexity index is 543. The molecule has 0 fully saturated rings. The smallest absolute Gasteiger partial charge is 0.328 e. The first kappa shape index (κ1) is 17.0. The van der Waals surface area contributed by atoms with Crippen molar-refractivity contribution in [2.45, 2.75) is 26.8 Å². The number of hydrogen-bond donors (Lipinski definition) is 1. The third kappa shape index (κ3) is 3.52. The number of nitrogens with two attached hydrogens (primary N) is 1. The van der Waals surface area contributed by atoms with Gasteiger partial charge in [0.25, 0.3) is 5.91 Å². The van der Waals surface area contributed by atoms with Crippen LogP contribution in [0.15, 0.2) is 12.1 Å². The lowest BCUT2D eigenvalue weighted by Crippen LogP contribution is -2.46. The van der Waals surface area contributed by atoms with Gasteiger partial charge in [-0.2, -0.15) is 0 Å². The van der Waals surface area contributed by atoms with Crippen molar-refractivity contribution in [1.82, 2.24) is 0 Å². The molecular weight excluding hydrogens is 272 g/mol. The van der Waals surface area contributed by atoms with Crippen LogP contribution in [0.3, 0.4) is 0 Å². The number of hydrogen-bond acceptors (Lipinski definition) is 5. The van der Waals surface area contributed by atoms with Crippen LogP contribution in [0.4, 0.5) is 11.4 Å². The van der Waals surface area contributed by atoms with Crippen molar-refractivity contribution >= 4 is 23.3 Å². The van der Waals surface area contributed by atoms with Gasteiger partial charge in [-0.05, 0) is 38.0 Å². The van der Waals surface area contributed by atoms with Gasteiger partial charge in [0.1, 0.15) is 12.6 Å². The van der Waals surface area contributed by atoms with E-state index in [4.69, 9.17) is 15.2 Å². The van der Waals surface area contributed by atoms with Crippen LogP contribution in [0.2, 0.25) is 0 Å². The Hall–Kier alpha value is -2.08. The fourth-order valence-corrected chi connectivity index (χ4v) is 2.23. The average molecular weight is 294 g/mol. The molecule has 1 amide bonds. The van der Waals surface area contributed by atoms with Gasteiger partial charge < -0.3 is 15.2 Å². The minimum Gasteiger partial charge on any atom is -0.467 e. The Morgan fingerprint density at radius 1 is 1.29 bits per heavy atom. The van der Waals surface area contributed by atoms with Crippen molar-refractivity contribution in [2.24, 2.45) is 0 Å². The Kier molecular flexibility index (Phi) is 5.72. The van der Waals surface area contributed by atoms with Crippen molar-refractivity contribution in [1.29, 1.82) is 0 Å². The molecule has 116 valence electrons. The van der Waals surface area contributed by atoms with E-state index in [0.717, 1.165) is 11.1 Å². The summed E-state index contributed by atoms with van der Waals surface area (Å²) in [5, 5.41) is 0. The molecule has 21 heavy (non-hydrogen) atoms. The molecule has 6 nitrogen and oxygen atoms in total. The SMILES string of the molecule is COCC(=O)N(c1c(C)ccc(N)c1C)C(C)C(=O)OC. The van der Waals surface area contributed by atoms with E-state index in [1.54, 1.807) is 13.0 Å². The van der Waals surface area contributed by atoms with Crippen LogP contribution in [0.1, 0.15) is 18.1 Å². The van der Waals surface area contributed by atoms with Gasteiger partial charge in [-0.1, -0.05) is 6.07 Å². The number of nitrogens with zero attached hydrogens (tertiary/aromatic N) is 1. The quantitative estimate of drug-likeness (QED) is 0.656. The van der Waals surface area contributed by atoms with Gasteiger partial charge in [0.2, 0.25) is 0 Å². The molecular formula is C15H22N2O4. The van der Waals surface area contributed by atoms with Crippen LogP contribution in [0, 0.1) is 13.8 Å². The average Bonchev–Trinajstić information content (AvgIpc) is 2.46. The molecule has 0 aromatic heterocycles. The first-order valence-electron chi connectivity index (χ1n) is 6.59. The first-order valence-corrected chi connectivity index (χ1v) is 6.59. The van der Waals surface area contributed by atoms with Crippen molar-refractivity contribution < 1.29 is 19.1 Å². The summed E-state index contributed by atoms with van der Waals surface area (Å²) >= 11 is 0. The molecule has 2 N–H and O–H groups in total. The zero-order chi connectivity index (χ0) is 16.2. The minimum atomic E-state index is -0.767. The number of rotatable bonds is 5. The van der Waals surface area contributed by atoms with Crippen LogP contribution >= 0.6 is 0 Å². The second kappa shape index (κ2) is 7.08. The standard InChI is InChI=1S/C15H22N2O4/c1-9-6-7-12(16)10(2)14(9)17(13(18)8-20-4)11(3)15(19)21-5/h6-7,11H,8,16H2,1-5H3. The summed E-state index contributed by atoms with van der Waals surface area (Å²) < 4.78 is 9.65. The predicted octanol–water partition coefficient (Wildman–Crippen LogP) is 1.43. The first-order chi connectivity index (χ1) is 9.84. The van der Waals surface area contributed by atoms with E-state index in [9.17, 15) is 9.59 Å². The summed E-state index contributed by atoms with van der Waals surface area (Å²) in [5.74, 6) is -0.826. The molecule has 0 heterocycles. The minimum absolute atomic E-state index is 0.130. The van der Waals surface area contributed by atoms with E-state index in [-0.39, 0.29) is 12.5 Å². The van der Waals surface area contributed by atoms with Gasteiger partial charge in [-0.15, -0.1) is 0 Å². The zero-order valence-electron chi connectivity index (χ0n) is 13.1. The van der Waals surface area contributed by atoms with E-state index in [1.807, 2.05) is 19.9 Å². The monoisotopic (exact) mass is 294 g/mol. The van der Waals surface area contributed by atoms with E-state index >= 15 is 0 Å². The Labute approximate surface area is 124 Å². The summed E-state index contributed by atoms with van der Waals surface area (Å²) in [6.07, 6.45) is 0. The van der Waals surface area contributed by atoms with Crippen LogP contribution in [-0.2, 0) is 19.1 Å². The maximum atomic E-state index is 12.4. The van der Waals surface area contributed by atoms with Gasteiger partial charge in [0.05, 0.1) is 12.8 Å². The number of nitrogen functional groups attached to an aromatic ring is 1. The molecule has 0 aliphatic rings. The van der Waals surface area contributed by atoms with E-state index in [0.29, 0.717) is 11.4 Å². The molecule has 1 aromatic carbocycles. The van der Waals surface area contributed by atoms with Gasteiger partial charge in [0, 0.05) is 12.8 Å². The Morgan fingerprint density at radius 2 is 1.90 bits per heavy atom. The van der Waals surface area contributed by atoms with Crippen LogP contribution in [-0.4, -0.2) is 38.7 Å². The number of esters is 1. The summed E-state index contributed by atoms with van der Waals surface area (Å²) in [6.45, 7) is 5.16. The number of benzene rings is 1. The highest BCUT2D eigenvalue weighted by molar-refractivity contribution is 6.01. The zero-order valence-corrected chi connectivity index (χ0v) is 13.1. The largest absolute Gasteiger partial charge is 0.467 e. The van der Waals surface area contributed by atoms with Crippen LogP contribution < -0.4 is 10.6 Å². The van der Waals surface area contributed by atoms with Crippen LogP contribution in [0.5, 0.6) is 0 Å². The molecule has 6 heteroatoms. The number of carbonyl (C=O) groups is 2. The lowest BCUT2D eigenvalue weighted by atomic mass is 10.0. The number of carbonyl (C=O) groups excluding carboxylic acids is 2. The number of ether oxygens (including phenoxy) is 2. The molecule has 1 atom stereocenters. The lowest BCUT2D eigenvalue weighted by molar-refractivity contribution is -0.143. The highest BCUT2D eigenvalue weighted by Gasteiger charge is 2.30. The third-order valence-electron chi connectivity index (χ3n) is 3.38. The number of amides is 1. The fourth-order valence-electron chi connectivity index (χ4n) is 2.23. The van der Waals surface area contributed by atoms with Gasteiger partial charge >= 0.3 is 5.97 Å². The molecule has 0 saturated heterocycles. The van der Waals surface area contributed by atoms with Gasteiger partial charge in [0.15, 0.2) is 0 Å². The van der Waals surface area contributed by atoms with Gasteiger partial charge in [-0.3, -0.25) is 9.69 Å². The fraction of sp³-hybridized carbons (Fsp3) is 0.467. The number of anilines is 2. The van der Waals surface area contributed by atoms with E-state index in [1.165, 1.54) is 19.1 Å². The van der Waals surface area contributed by atoms with E-state index < -0.39 is 12.0 Å². The molecule has 0 aliphatic carbocycles. The molecule has 0 bridgehead atoms. The highest BCUT2D eigenvalue weighted by atomic mass is 16.5. The van der Waals surface area contributed by atoms with Crippen LogP contribution in [0.25, 0.3) is 0 Å². The normalized spacial score (nSPS) is 11.9. The maximum Gasteiger partial charge on any atom is 0.328 e. The predicted molar refractivity (Wildman–Crippen MR) is 81.2 cm³/mol. The molecule has 1 aromatic rings. The third-order valence-corrected chi connectivity index (χ3v) is 3.38. The Morgan fingerprint density at radius 3 is 2.43 bits per heavy atom. The van der Waals surface area contributed by atoms with Gasteiger partial charge in [-0.25, -0.2) is 4.79 Å². The second-order valence-electron chi connectivity index (χ2n) is 4.84. The molecule has 0 saturated carbocycles. The molecule has 1 rings (SSSR count). The maximum absolute atomic E-state index is 12.4. The Balaban J connectivity index is 3.41. The van der Waals surface area contributed by atoms with Crippen molar-refractivity contribution in [3.63, 3.8) is 0 Å². The van der Waals surface area contributed by atoms with E-state index in [2.05, 4.69) is 0 Å². The number of aryl methyl sites for hydroxylation is 1. The summed E-state index contributed by atoms with van der Waals surface area (Å²) in [4.78, 5) is 25.6. The topological polar surface area (TPSA) is 81.9 Å². The van der Waals surface area contributed by atoms with Crippen molar-refractivity contribution in [3.8, 4) is 0 Å². The summed E-state index contributed by atoms with van der Waals surface area (Å²) in [5.41, 5.74) is 8.70. The molecule has 1 unspecified atom stereocenters. The molecule has 0 radical (unpaired) electrons. The molecule has 0 aliphatic heterocycles. The second-order valence-corrected chi connectivity index (χ2v) is 4.84. The molecule has 0 spiro atoms.